The number of carbonyl (C=O) groups is 1. The summed E-state index contributed by atoms with van der Waals surface area (Å²) in [5, 5.41) is 26.5. The van der Waals surface area contributed by atoms with Crippen molar-refractivity contribution in [3.05, 3.63) is 106 Å². The zero-order chi connectivity index (χ0) is 26.1. The molecule has 1 atom stereocenters. The molecule has 0 bridgehead atoms. The van der Waals surface area contributed by atoms with Crippen LogP contribution in [0.1, 0.15) is 40.1 Å². The van der Waals surface area contributed by atoms with E-state index < -0.39 is 5.97 Å². The van der Waals surface area contributed by atoms with E-state index >= 15 is 0 Å². The lowest BCUT2D eigenvalue weighted by Gasteiger charge is -2.19. The number of para-hydroxylation sites is 1. The summed E-state index contributed by atoms with van der Waals surface area (Å²) in [6, 6.07) is 16.7. The number of anilines is 1. The molecule has 0 unspecified atom stereocenters. The lowest BCUT2D eigenvalue weighted by molar-refractivity contribution is 0.0698. The van der Waals surface area contributed by atoms with E-state index in [2.05, 4.69) is 15.4 Å². The van der Waals surface area contributed by atoms with Crippen molar-refractivity contribution >= 4 is 22.6 Å². The second-order valence-electron chi connectivity index (χ2n) is 8.61. The smallest absolute Gasteiger partial charge is 0.337 e. The predicted molar refractivity (Wildman–Crippen MR) is 138 cm³/mol. The van der Waals surface area contributed by atoms with Crippen LogP contribution in [0.3, 0.4) is 0 Å². The van der Waals surface area contributed by atoms with Crippen molar-refractivity contribution in [3.8, 4) is 23.1 Å². The molecule has 0 aliphatic carbocycles. The summed E-state index contributed by atoms with van der Waals surface area (Å²) >= 11 is 0. The van der Waals surface area contributed by atoms with Gasteiger partial charge in [-0.2, -0.15) is 10.4 Å². The van der Waals surface area contributed by atoms with Crippen LogP contribution < -0.4 is 10.7 Å². The van der Waals surface area contributed by atoms with E-state index in [1.165, 1.54) is 18.3 Å². The first-order chi connectivity index (χ1) is 17.8. The zero-order valence-electron chi connectivity index (χ0n) is 20.0. The maximum Gasteiger partial charge on any atom is 0.337 e. The lowest BCUT2D eigenvalue weighted by Crippen LogP contribution is -2.12. The molecule has 0 radical (unpaired) electrons. The number of pyridine rings is 1. The zero-order valence-corrected chi connectivity index (χ0v) is 20.0. The van der Waals surface area contributed by atoms with Crippen LogP contribution in [0.5, 0.6) is 0 Å². The van der Waals surface area contributed by atoms with Crippen molar-refractivity contribution in [2.24, 2.45) is 0 Å². The van der Waals surface area contributed by atoms with Crippen LogP contribution in [-0.4, -0.2) is 25.8 Å². The molecule has 182 valence electrons. The molecule has 0 fully saturated rings. The molecular formula is C28H21N5O4. The highest BCUT2D eigenvalue weighted by Crippen LogP contribution is 2.31. The van der Waals surface area contributed by atoms with Crippen molar-refractivity contribution in [1.82, 2.24) is 14.8 Å². The number of nitriles is 1. The van der Waals surface area contributed by atoms with Gasteiger partial charge in [0.1, 0.15) is 23.1 Å². The average Bonchev–Trinajstić information content (AvgIpc) is 3.39. The van der Waals surface area contributed by atoms with Crippen molar-refractivity contribution in [2.75, 3.05) is 5.32 Å². The van der Waals surface area contributed by atoms with Gasteiger partial charge in [0.2, 0.25) is 0 Å². The number of aromatic carboxylic acids is 1. The molecule has 0 spiro atoms. The lowest BCUT2D eigenvalue weighted by atomic mass is 10.0. The quantitative estimate of drug-likeness (QED) is 0.335. The Morgan fingerprint density at radius 2 is 1.97 bits per heavy atom. The van der Waals surface area contributed by atoms with Gasteiger partial charge in [0, 0.05) is 23.5 Å². The van der Waals surface area contributed by atoms with Crippen LogP contribution >= 0.6 is 0 Å². The van der Waals surface area contributed by atoms with E-state index in [1.807, 2.05) is 26.0 Å². The highest BCUT2D eigenvalue weighted by molar-refractivity contribution is 5.94. The van der Waals surface area contributed by atoms with Crippen molar-refractivity contribution in [1.29, 1.82) is 5.26 Å². The molecule has 3 heterocycles. The Morgan fingerprint density at radius 1 is 1.16 bits per heavy atom. The Morgan fingerprint density at radius 3 is 2.70 bits per heavy atom. The minimum absolute atomic E-state index is 0.151. The first-order valence-corrected chi connectivity index (χ1v) is 11.4. The number of hydrogen-bond donors (Lipinski definition) is 2. The monoisotopic (exact) mass is 491 g/mol. The average molecular weight is 492 g/mol. The van der Waals surface area contributed by atoms with E-state index in [4.69, 9.17) is 9.68 Å². The summed E-state index contributed by atoms with van der Waals surface area (Å²) in [6.45, 7) is 3.78. The van der Waals surface area contributed by atoms with Gasteiger partial charge < -0.3 is 14.8 Å². The minimum atomic E-state index is -1.03. The molecule has 0 amide bonds. The summed E-state index contributed by atoms with van der Waals surface area (Å²) < 4.78 is 7.85. The largest absolute Gasteiger partial charge is 0.478 e. The number of fused-ring (bicyclic) bond motifs is 1. The molecule has 9 heteroatoms. The van der Waals surface area contributed by atoms with Gasteiger partial charge >= 0.3 is 5.97 Å². The molecule has 0 saturated carbocycles. The molecule has 0 aliphatic heterocycles. The fraction of sp³-hybridized carbons (Fsp3) is 0.107. The SMILES string of the molecule is Cc1cc([C@@H](C)Nc2ccccc2C(=O)O)c2oc(-c3cnn(-c4ccc(C#N)nc4)c3)cc(=O)c2c1. The van der Waals surface area contributed by atoms with Crippen LogP contribution in [-0.2, 0) is 0 Å². The Hall–Kier alpha value is -5.23. The van der Waals surface area contributed by atoms with Gasteiger partial charge in [0.05, 0.1) is 40.6 Å². The van der Waals surface area contributed by atoms with Gasteiger partial charge in [-0.05, 0) is 49.7 Å². The van der Waals surface area contributed by atoms with E-state index in [-0.39, 0.29) is 17.0 Å². The number of nitrogens with zero attached hydrogens (tertiary/aromatic N) is 4. The third-order valence-electron chi connectivity index (χ3n) is 5.99. The molecule has 0 saturated heterocycles. The maximum absolute atomic E-state index is 13.1. The maximum atomic E-state index is 13.1. The van der Waals surface area contributed by atoms with Gasteiger partial charge in [-0.25, -0.2) is 14.5 Å². The third-order valence-corrected chi connectivity index (χ3v) is 5.99. The number of nitrogens with one attached hydrogen (secondary N) is 1. The molecule has 5 rings (SSSR count). The van der Waals surface area contributed by atoms with Crippen molar-refractivity contribution in [3.63, 3.8) is 0 Å². The van der Waals surface area contributed by atoms with E-state index in [9.17, 15) is 14.7 Å². The molecular weight excluding hydrogens is 470 g/mol. The third kappa shape index (κ3) is 4.56. The molecule has 37 heavy (non-hydrogen) atoms. The number of hydrogen-bond acceptors (Lipinski definition) is 7. The van der Waals surface area contributed by atoms with Crippen LogP contribution in [0, 0.1) is 18.3 Å². The second-order valence-corrected chi connectivity index (χ2v) is 8.61. The van der Waals surface area contributed by atoms with Gasteiger partial charge in [0.25, 0.3) is 0 Å². The Labute approximate surface area is 211 Å². The predicted octanol–water partition coefficient (Wildman–Crippen LogP) is 5.09. The number of aromatic nitrogens is 3. The number of aryl methyl sites for hydroxylation is 1. The van der Waals surface area contributed by atoms with E-state index in [0.29, 0.717) is 39.4 Å². The van der Waals surface area contributed by atoms with Crippen molar-refractivity contribution < 1.29 is 14.3 Å². The highest BCUT2D eigenvalue weighted by atomic mass is 16.4. The highest BCUT2D eigenvalue weighted by Gasteiger charge is 2.19. The normalized spacial score (nSPS) is 11.7. The minimum Gasteiger partial charge on any atom is -0.478 e. The van der Waals surface area contributed by atoms with Gasteiger partial charge in [-0.15, -0.1) is 0 Å². The van der Waals surface area contributed by atoms with E-state index in [1.54, 1.807) is 53.5 Å². The number of rotatable bonds is 6. The summed E-state index contributed by atoms with van der Waals surface area (Å²) in [5.41, 5.74) is 3.97. The molecule has 0 aliphatic rings. The molecule has 2 aromatic carbocycles. The van der Waals surface area contributed by atoms with Gasteiger partial charge in [-0.1, -0.05) is 18.2 Å². The second kappa shape index (κ2) is 9.43. The standard InChI is InChI=1S/C28H21N5O4/c1-16-9-22(17(2)32-24-6-4-3-5-21(24)28(35)36)27-23(10-16)25(34)11-26(37-27)18-13-31-33(15-18)20-8-7-19(12-29)30-14-20/h3-11,13-15,17,32H,1-2H3,(H,35,36)/t17-/m1/s1. The molecule has 3 aromatic heterocycles. The summed E-state index contributed by atoms with van der Waals surface area (Å²) in [4.78, 5) is 28.8. The Kier molecular flexibility index (Phi) is 5.99. The summed E-state index contributed by atoms with van der Waals surface area (Å²) in [7, 11) is 0. The van der Waals surface area contributed by atoms with Crippen LogP contribution in [0.2, 0.25) is 0 Å². The Bertz CT molecular complexity index is 1750. The summed E-state index contributed by atoms with van der Waals surface area (Å²) in [6.07, 6.45) is 4.84. The molecule has 2 N–H and O–H groups in total. The fourth-order valence-corrected chi connectivity index (χ4v) is 4.18. The number of carboxylic acid groups (broad SMARTS) is 1. The Balaban J connectivity index is 1.56. The van der Waals surface area contributed by atoms with Gasteiger partial charge in [-0.3, -0.25) is 4.79 Å². The summed E-state index contributed by atoms with van der Waals surface area (Å²) in [5.74, 6) is -0.693. The number of benzene rings is 2. The topological polar surface area (TPSA) is 134 Å². The van der Waals surface area contributed by atoms with Crippen LogP contribution in [0.15, 0.2) is 82.4 Å². The fourth-order valence-electron chi connectivity index (χ4n) is 4.18. The van der Waals surface area contributed by atoms with Crippen molar-refractivity contribution in [2.45, 2.75) is 19.9 Å². The van der Waals surface area contributed by atoms with Gasteiger partial charge in [0.15, 0.2) is 5.43 Å². The van der Waals surface area contributed by atoms with Crippen LogP contribution in [0.4, 0.5) is 5.69 Å². The van der Waals surface area contributed by atoms with Crippen LogP contribution in [0.25, 0.3) is 28.0 Å². The number of carboxylic acids is 1. The van der Waals surface area contributed by atoms with E-state index in [0.717, 1.165) is 11.1 Å². The molecule has 9 nitrogen and oxygen atoms in total. The first-order valence-electron chi connectivity index (χ1n) is 11.4. The first kappa shape index (κ1) is 23.5. The molecule has 5 aromatic rings.